The highest BCUT2D eigenvalue weighted by Crippen LogP contribution is 2.48. The highest BCUT2D eigenvalue weighted by molar-refractivity contribution is 6.40. The largest absolute Gasteiger partial charge is 0.480 e. The van der Waals surface area contributed by atoms with E-state index in [0.717, 1.165) is 19.5 Å². The van der Waals surface area contributed by atoms with Crippen molar-refractivity contribution in [1.29, 1.82) is 0 Å². The van der Waals surface area contributed by atoms with Crippen LogP contribution in [0.5, 0.6) is 0 Å². The molecule has 6 nitrogen and oxygen atoms in total. The topological polar surface area (TPSA) is 93.0 Å². The minimum absolute atomic E-state index is 0.176. The average molecular weight is 332 g/mol. The van der Waals surface area contributed by atoms with Crippen LogP contribution < -0.4 is 5.32 Å². The number of likely N-dealkylation sites (tertiary alicyclic amines) is 1. The van der Waals surface area contributed by atoms with Crippen LogP contribution >= 0.6 is 0 Å². The number of benzene rings is 1. The Labute approximate surface area is 142 Å². The van der Waals surface area contributed by atoms with Gasteiger partial charge in [-0.1, -0.05) is 36.8 Å². The number of nitrogens with one attached hydrogen (secondary N) is 1. The highest BCUT2D eigenvalue weighted by atomic mass is 16.4. The summed E-state index contributed by atoms with van der Waals surface area (Å²) in [5, 5.41) is 31.0. The molecule has 0 unspecified atom stereocenters. The Morgan fingerprint density at radius 1 is 1.33 bits per heavy atom. The van der Waals surface area contributed by atoms with Gasteiger partial charge in [-0.25, -0.2) is 0 Å². The first kappa shape index (κ1) is 17.4. The number of carboxylic acids is 1. The van der Waals surface area contributed by atoms with Crippen molar-refractivity contribution in [3.8, 4) is 0 Å². The van der Waals surface area contributed by atoms with Gasteiger partial charge < -0.3 is 20.5 Å². The lowest BCUT2D eigenvalue weighted by atomic mass is 9.70. The molecule has 0 saturated carbocycles. The second kappa shape index (κ2) is 7.23. The van der Waals surface area contributed by atoms with Crippen LogP contribution in [0.2, 0.25) is 6.32 Å². The predicted octanol–water partition coefficient (Wildman–Crippen LogP) is 0.557. The Hall–Kier alpha value is -1.41. The van der Waals surface area contributed by atoms with Gasteiger partial charge in [-0.2, -0.15) is 0 Å². The summed E-state index contributed by atoms with van der Waals surface area (Å²) in [6.07, 6.45) is 2.44. The van der Waals surface area contributed by atoms with Crippen LogP contribution in [0.25, 0.3) is 0 Å². The van der Waals surface area contributed by atoms with Gasteiger partial charge in [0.2, 0.25) is 0 Å². The van der Waals surface area contributed by atoms with E-state index in [1.807, 2.05) is 18.2 Å². The molecular formula is C17H25BN2O4. The molecule has 3 atom stereocenters. The van der Waals surface area contributed by atoms with Crippen LogP contribution in [0.3, 0.4) is 0 Å². The third-order valence-corrected chi connectivity index (χ3v) is 5.64. The number of carboxylic acid groups (broad SMARTS) is 1. The molecular weight excluding hydrogens is 307 g/mol. The van der Waals surface area contributed by atoms with E-state index in [1.54, 1.807) is 0 Å². The molecule has 0 aromatic heterocycles. The minimum atomic E-state index is -1.32. The van der Waals surface area contributed by atoms with Crippen LogP contribution in [0.1, 0.15) is 24.8 Å². The van der Waals surface area contributed by atoms with E-state index in [1.165, 1.54) is 5.56 Å². The van der Waals surface area contributed by atoms with Crippen molar-refractivity contribution in [1.82, 2.24) is 10.2 Å². The first-order valence-electron chi connectivity index (χ1n) is 8.63. The van der Waals surface area contributed by atoms with Gasteiger partial charge in [-0.3, -0.25) is 9.69 Å². The second-order valence-corrected chi connectivity index (χ2v) is 7.01. The van der Waals surface area contributed by atoms with Gasteiger partial charge in [0.25, 0.3) is 0 Å². The van der Waals surface area contributed by atoms with Crippen molar-refractivity contribution >= 4 is 13.1 Å². The van der Waals surface area contributed by atoms with Crippen LogP contribution in [-0.2, 0) is 11.3 Å². The number of aliphatic carboxylic acids is 1. The summed E-state index contributed by atoms with van der Waals surface area (Å²) >= 11 is 0. The molecule has 0 amide bonds. The number of fused-ring (bicyclic) bond motifs is 1. The smallest absolute Gasteiger partial charge is 0.451 e. The van der Waals surface area contributed by atoms with Crippen molar-refractivity contribution in [2.75, 3.05) is 13.1 Å². The monoisotopic (exact) mass is 332 g/mol. The molecule has 130 valence electrons. The molecule has 2 fully saturated rings. The van der Waals surface area contributed by atoms with Crippen molar-refractivity contribution in [3.05, 3.63) is 35.9 Å². The van der Waals surface area contributed by atoms with E-state index in [2.05, 4.69) is 22.3 Å². The van der Waals surface area contributed by atoms with Gasteiger partial charge in [0, 0.05) is 24.5 Å². The van der Waals surface area contributed by atoms with Crippen LogP contribution in [0.15, 0.2) is 30.3 Å². The molecule has 2 aliphatic heterocycles. The first-order chi connectivity index (χ1) is 11.5. The van der Waals surface area contributed by atoms with Gasteiger partial charge in [-0.15, -0.1) is 0 Å². The standard InChI is InChI=1S/C17H25BN2O4/c21-16(22)15-17(7-4-9-18(23)24)8-10-20(14(17)11-19-15)12-13-5-2-1-3-6-13/h1-3,5-6,14-15,19,23-24H,4,7-12H2,(H,21,22)/t14-,15+,17-/m0/s1. The van der Waals surface area contributed by atoms with Crippen LogP contribution in [0, 0.1) is 5.41 Å². The highest BCUT2D eigenvalue weighted by Gasteiger charge is 2.57. The Kier molecular flexibility index (Phi) is 5.25. The molecule has 7 heteroatoms. The Bertz CT molecular complexity index is 571. The molecule has 1 aromatic rings. The lowest BCUT2D eigenvalue weighted by molar-refractivity contribution is -0.142. The van der Waals surface area contributed by atoms with Crippen molar-refractivity contribution < 1.29 is 19.9 Å². The van der Waals surface area contributed by atoms with E-state index in [4.69, 9.17) is 10.0 Å². The third-order valence-electron chi connectivity index (χ3n) is 5.64. The number of carbonyl (C=O) groups is 1. The fraction of sp³-hybridized carbons (Fsp3) is 0.588. The quantitative estimate of drug-likeness (QED) is 0.545. The molecule has 4 N–H and O–H groups in total. The van der Waals surface area contributed by atoms with Gasteiger partial charge in [-0.05, 0) is 31.3 Å². The van der Waals surface area contributed by atoms with E-state index >= 15 is 0 Å². The molecule has 2 aliphatic rings. The summed E-state index contributed by atoms with van der Waals surface area (Å²) < 4.78 is 0. The molecule has 0 bridgehead atoms. The predicted molar refractivity (Wildman–Crippen MR) is 91.3 cm³/mol. The summed E-state index contributed by atoms with van der Waals surface area (Å²) in [6, 6.07) is 9.85. The van der Waals surface area contributed by atoms with E-state index in [0.29, 0.717) is 25.7 Å². The zero-order chi connectivity index (χ0) is 17.2. The Morgan fingerprint density at radius 2 is 2.08 bits per heavy atom. The van der Waals surface area contributed by atoms with E-state index in [-0.39, 0.29) is 11.5 Å². The Balaban J connectivity index is 1.75. The SMILES string of the molecule is O=C(O)[C@H]1NC[C@@H]2N(Cc3ccccc3)CC[C@]12CCCB(O)O. The van der Waals surface area contributed by atoms with Crippen molar-refractivity contribution in [2.24, 2.45) is 5.41 Å². The number of nitrogens with zero attached hydrogens (tertiary/aromatic N) is 1. The fourth-order valence-corrected chi connectivity index (χ4v) is 4.53. The maximum atomic E-state index is 11.7. The van der Waals surface area contributed by atoms with Gasteiger partial charge in [0.05, 0.1) is 0 Å². The first-order valence-corrected chi connectivity index (χ1v) is 8.63. The maximum Gasteiger partial charge on any atom is 0.451 e. The molecule has 0 radical (unpaired) electrons. The summed E-state index contributed by atoms with van der Waals surface area (Å²) in [6.45, 7) is 2.38. The third kappa shape index (κ3) is 3.35. The lowest BCUT2D eigenvalue weighted by Crippen LogP contribution is -2.46. The van der Waals surface area contributed by atoms with Crippen LogP contribution in [-0.4, -0.2) is 58.3 Å². The van der Waals surface area contributed by atoms with Gasteiger partial charge in [0.1, 0.15) is 6.04 Å². The number of rotatable bonds is 7. The Morgan fingerprint density at radius 3 is 2.75 bits per heavy atom. The maximum absolute atomic E-state index is 11.7. The zero-order valence-corrected chi connectivity index (χ0v) is 13.8. The number of hydrogen-bond acceptors (Lipinski definition) is 5. The number of hydrogen-bond donors (Lipinski definition) is 4. The molecule has 1 aromatic carbocycles. The van der Waals surface area contributed by atoms with Crippen molar-refractivity contribution in [2.45, 2.75) is 44.2 Å². The minimum Gasteiger partial charge on any atom is -0.480 e. The summed E-state index contributed by atoms with van der Waals surface area (Å²) in [5.74, 6) is -0.802. The molecule has 2 saturated heterocycles. The molecule has 2 heterocycles. The molecule has 0 spiro atoms. The molecule has 24 heavy (non-hydrogen) atoms. The van der Waals surface area contributed by atoms with Crippen LogP contribution in [0.4, 0.5) is 0 Å². The molecule has 0 aliphatic carbocycles. The summed E-state index contributed by atoms with van der Waals surface area (Å²) in [5.41, 5.74) is 0.910. The lowest BCUT2D eigenvalue weighted by Gasteiger charge is -2.34. The summed E-state index contributed by atoms with van der Waals surface area (Å²) in [4.78, 5) is 14.1. The summed E-state index contributed by atoms with van der Waals surface area (Å²) in [7, 11) is -1.32. The zero-order valence-electron chi connectivity index (χ0n) is 13.8. The van der Waals surface area contributed by atoms with E-state index in [9.17, 15) is 9.90 Å². The van der Waals surface area contributed by atoms with Gasteiger partial charge in [0.15, 0.2) is 0 Å². The average Bonchev–Trinajstić information content (AvgIpc) is 3.06. The molecule has 3 rings (SSSR count). The van der Waals surface area contributed by atoms with E-state index < -0.39 is 19.1 Å². The fourth-order valence-electron chi connectivity index (χ4n) is 4.53. The van der Waals surface area contributed by atoms with Gasteiger partial charge >= 0.3 is 13.1 Å². The normalized spacial score (nSPS) is 29.6. The second-order valence-electron chi connectivity index (χ2n) is 7.01. The van der Waals surface area contributed by atoms with Crippen molar-refractivity contribution in [3.63, 3.8) is 0 Å².